The molecule has 0 aliphatic heterocycles. The minimum atomic E-state index is -0.885. The third-order valence-electron chi connectivity index (χ3n) is 3.89. The van der Waals surface area contributed by atoms with Crippen LogP contribution in [0, 0.1) is 11.3 Å². The molecule has 0 aromatic rings. The number of aliphatic hydroxyl groups excluding tert-OH is 1. The highest BCUT2D eigenvalue weighted by Gasteiger charge is 2.37. The van der Waals surface area contributed by atoms with Crippen molar-refractivity contribution in [3.05, 3.63) is 23.8 Å². The normalized spacial score (nSPS) is 28.2. The Bertz CT molecular complexity index is 366. The van der Waals surface area contributed by atoms with Gasteiger partial charge in [0.2, 0.25) is 0 Å². The average molecular weight is 252 g/mol. The van der Waals surface area contributed by atoms with Crippen LogP contribution in [0.5, 0.6) is 0 Å². The highest BCUT2D eigenvalue weighted by Crippen LogP contribution is 2.45. The molecular formula is C15H24O3. The number of hydrogen-bond donors (Lipinski definition) is 2. The topological polar surface area (TPSA) is 57.5 Å². The summed E-state index contributed by atoms with van der Waals surface area (Å²) < 4.78 is 0. The maximum absolute atomic E-state index is 10.6. The zero-order valence-electron chi connectivity index (χ0n) is 11.6. The molecule has 0 saturated heterocycles. The average Bonchev–Trinajstić information content (AvgIpc) is 2.12. The molecular weight excluding hydrogens is 228 g/mol. The summed E-state index contributed by atoms with van der Waals surface area (Å²) in [6.07, 6.45) is 4.14. The second kappa shape index (κ2) is 5.70. The smallest absolute Gasteiger partial charge is 0.328 e. The molecule has 0 spiro atoms. The van der Waals surface area contributed by atoms with Crippen LogP contribution in [0.1, 0.15) is 46.5 Å². The van der Waals surface area contributed by atoms with Crippen LogP contribution in [0.4, 0.5) is 0 Å². The van der Waals surface area contributed by atoms with Gasteiger partial charge in [0.1, 0.15) is 0 Å². The molecule has 1 saturated carbocycles. The standard InChI is InChI=1S/C15H24O3/c1-10(7-14(17)18)5-6-13-11(2)8-12(16)9-15(13,3)4/h7,12-13,16H,2,5-6,8-9H2,1,3-4H3,(H,17,18). The number of carboxylic acid groups (broad SMARTS) is 1. The van der Waals surface area contributed by atoms with E-state index < -0.39 is 5.97 Å². The quantitative estimate of drug-likeness (QED) is 0.597. The molecule has 0 amide bonds. The van der Waals surface area contributed by atoms with E-state index in [1.807, 2.05) is 6.92 Å². The van der Waals surface area contributed by atoms with Gasteiger partial charge in [0.25, 0.3) is 0 Å². The van der Waals surface area contributed by atoms with Crippen molar-refractivity contribution in [2.75, 3.05) is 0 Å². The Balaban J connectivity index is 2.65. The summed E-state index contributed by atoms with van der Waals surface area (Å²) in [6, 6.07) is 0. The molecule has 0 radical (unpaired) electrons. The Morgan fingerprint density at radius 3 is 2.67 bits per heavy atom. The van der Waals surface area contributed by atoms with Crippen LogP contribution in [-0.4, -0.2) is 22.3 Å². The van der Waals surface area contributed by atoms with Crippen molar-refractivity contribution in [1.82, 2.24) is 0 Å². The zero-order valence-corrected chi connectivity index (χ0v) is 11.6. The molecule has 2 N–H and O–H groups in total. The number of aliphatic hydroxyl groups is 1. The van der Waals surface area contributed by atoms with E-state index >= 15 is 0 Å². The van der Waals surface area contributed by atoms with Gasteiger partial charge in [-0.3, -0.25) is 0 Å². The summed E-state index contributed by atoms with van der Waals surface area (Å²) in [6.45, 7) is 10.2. The van der Waals surface area contributed by atoms with Crippen LogP contribution in [0.3, 0.4) is 0 Å². The molecule has 0 aromatic carbocycles. The van der Waals surface area contributed by atoms with Gasteiger partial charge in [0, 0.05) is 6.08 Å². The van der Waals surface area contributed by atoms with Crippen LogP contribution < -0.4 is 0 Å². The Kier molecular flexibility index (Phi) is 4.74. The van der Waals surface area contributed by atoms with Gasteiger partial charge in [-0.1, -0.05) is 31.6 Å². The van der Waals surface area contributed by atoms with Gasteiger partial charge in [-0.05, 0) is 43.9 Å². The summed E-state index contributed by atoms with van der Waals surface area (Å²) in [4.78, 5) is 10.6. The van der Waals surface area contributed by atoms with Crippen LogP contribution in [0.25, 0.3) is 0 Å². The molecule has 0 heterocycles. The number of carbonyl (C=O) groups is 1. The highest BCUT2D eigenvalue weighted by molar-refractivity contribution is 5.80. The second-order valence-corrected chi connectivity index (χ2v) is 6.13. The summed E-state index contributed by atoms with van der Waals surface area (Å²) in [5, 5.41) is 18.5. The van der Waals surface area contributed by atoms with Crippen LogP contribution >= 0.6 is 0 Å². The summed E-state index contributed by atoms with van der Waals surface area (Å²) in [5.74, 6) is -0.525. The van der Waals surface area contributed by atoms with Crippen LogP contribution in [-0.2, 0) is 4.79 Å². The third-order valence-corrected chi connectivity index (χ3v) is 3.89. The van der Waals surface area contributed by atoms with Crippen molar-refractivity contribution in [1.29, 1.82) is 0 Å². The van der Waals surface area contributed by atoms with E-state index in [2.05, 4.69) is 20.4 Å². The first-order valence-electron chi connectivity index (χ1n) is 6.48. The van der Waals surface area contributed by atoms with Crippen molar-refractivity contribution in [3.63, 3.8) is 0 Å². The number of rotatable bonds is 4. The van der Waals surface area contributed by atoms with Gasteiger partial charge in [0.15, 0.2) is 0 Å². The Morgan fingerprint density at radius 1 is 1.56 bits per heavy atom. The number of allylic oxidation sites excluding steroid dienone is 1. The van der Waals surface area contributed by atoms with Gasteiger partial charge >= 0.3 is 5.97 Å². The second-order valence-electron chi connectivity index (χ2n) is 6.13. The van der Waals surface area contributed by atoms with Crippen molar-refractivity contribution < 1.29 is 15.0 Å². The lowest BCUT2D eigenvalue weighted by atomic mass is 9.64. The van der Waals surface area contributed by atoms with E-state index in [4.69, 9.17) is 5.11 Å². The van der Waals surface area contributed by atoms with E-state index in [0.717, 1.165) is 30.4 Å². The molecule has 0 aromatic heterocycles. The molecule has 3 heteroatoms. The van der Waals surface area contributed by atoms with Gasteiger partial charge < -0.3 is 10.2 Å². The SMILES string of the molecule is C=C1CC(O)CC(C)(C)C1CCC(C)=CC(=O)O. The molecule has 1 rings (SSSR count). The highest BCUT2D eigenvalue weighted by atomic mass is 16.4. The molecule has 0 bridgehead atoms. The first kappa shape index (κ1) is 15.0. The minimum Gasteiger partial charge on any atom is -0.478 e. The van der Waals surface area contributed by atoms with Gasteiger partial charge in [-0.25, -0.2) is 4.79 Å². The Hall–Kier alpha value is -1.09. The van der Waals surface area contributed by atoms with Gasteiger partial charge in [-0.2, -0.15) is 0 Å². The van der Waals surface area contributed by atoms with Crippen molar-refractivity contribution in [2.45, 2.75) is 52.6 Å². The fourth-order valence-corrected chi connectivity index (χ4v) is 3.07. The fraction of sp³-hybridized carbons (Fsp3) is 0.667. The van der Waals surface area contributed by atoms with Crippen molar-refractivity contribution >= 4 is 5.97 Å². The molecule has 3 nitrogen and oxygen atoms in total. The molecule has 18 heavy (non-hydrogen) atoms. The minimum absolute atomic E-state index is 0.0399. The Labute approximate surface area is 109 Å². The van der Waals surface area contributed by atoms with E-state index in [9.17, 15) is 9.90 Å². The van der Waals surface area contributed by atoms with Crippen molar-refractivity contribution in [2.24, 2.45) is 11.3 Å². The lowest BCUT2D eigenvalue weighted by Gasteiger charge is -2.42. The predicted molar refractivity (Wildman–Crippen MR) is 72.3 cm³/mol. The molecule has 1 aliphatic rings. The summed E-state index contributed by atoms with van der Waals surface area (Å²) >= 11 is 0. The van der Waals surface area contributed by atoms with Gasteiger partial charge in [-0.15, -0.1) is 0 Å². The van der Waals surface area contributed by atoms with Crippen LogP contribution in [0.2, 0.25) is 0 Å². The summed E-state index contributed by atoms with van der Waals surface area (Å²) in [7, 11) is 0. The first-order chi connectivity index (χ1) is 8.22. The van der Waals surface area contributed by atoms with E-state index in [1.54, 1.807) is 0 Å². The molecule has 2 unspecified atom stereocenters. The molecule has 1 fully saturated rings. The molecule has 1 aliphatic carbocycles. The fourth-order valence-electron chi connectivity index (χ4n) is 3.07. The van der Waals surface area contributed by atoms with E-state index in [0.29, 0.717) is 12.3 Å². The number of carboxylic acids is 1. The monoisotopic (exact) mass is 252 g/mol. The predicted octanol–water partition coefficient (Wildman–Crippen LogP) is 3.15. The third kappa shape index (κ3) is 3.98. The molecule has 2 atom stereocenters. The zero-order chi connectivity index (χ0) is 13.9. The lowest BCUT2D eigenvalue weighted by Crippen LogP contribution is -2.36. The van der Waals surface area contributed by atoms with Gasteiger partial charge in [0.05, 0.1) is 6.10 Å². The van der Waals surface area contributed by atoms with Crippen LogP contribution in [0.15, 0.2) is 23.8 Å². The number of hydrogen-bond acceptors (Lipinski definition) is 2. The maximum atomic E-state index is 10.6. The molecule has 102 valence electrons. The number of aliphatic carboxylic acids is 1. The maximum Gasteiger partial charge on any atom is 0.328 e. The van der Waals surface area contributed by atoms with Crippen molar-refractivity contribution in [3.8, 4) is 0 Å². The Morgan fingerprint density at radius 2 is 2.17 bits per heavy atom. The summed E-state index contributed by atoms with van der Waals surface area (Å²) in [5.41, 5.74) is 2.03. The largest absolute Gasteiger partial charge is 0.478 e. The lowest BCUT2D eigenvalue weighted by molar-refractivity contribution is -0.131. The first-order valence-corrected chi connectivity index (χ1v) is 6.48. The van der Waals surface area contributed by atoms with E-state index in [-0.39, 0.29) is 11.5 Å². The van der Waals surface area contributed by atoms with E-state index in [1.165, 1.54) is 6.08 Å².